The van der Waals surface area contributed by atoms with Gasteiger partial charge >= 0.3 is 0 Å². The molecule has 1 aromatic carbocycles. The normalized spacial score (nSPS) is 9.29. The highest BCUT2D eigenvalue weighted by Crippen LogP contribution is 2.22. The summed E-state index contributed by atoms with van der Waals surface area (Å²) < 4.78 is 0. The number of aryl methyl sites for hydroxylation is 1. The van der Waals surface area contributed by atoms with E-state index in [1.807, 2.05) is 0 Å². The summed E-state index contributed by atoms with van der Waals surface area (Å²) in [5.74, 6) is -0.471. The molecule has 0 radical (unpaired) electrons. The fourth-order valence-corrected chi connectivity index (χ4v) is 1.37. The van der Waals surface area contributed by atoms with Crippen molar-refractivity contribution in [1.82, 2.24) is 5.32 Å². The molecule has 0 heterocycles. The van der Waals surface area contributed by atoms with Crippen LogP contribution in [0.4, 0.5) is 5.69 Å². The van der Waals surface area contributed by atoms with Crippen molar-refractivity contribution in [3.63, 3.8) is 0 Å². The number of hydrogen-bond donors (Lipinski definition) is 2. The van der Waals surface area contributed by atoms with Crippen LogP contribution in [0.3, 0.4) is 0 Å². The lowest BCUT2D eigenvalue weighted by Gasteiger charge is -2.05. The van der Waals surface area contributed by atoms with Crippen molar-refractivity contribution < 1.29 is 9.72 Å². The first-order valence-electron chi connectivity index (χ1n) is 4.80. The first-order valence-corrected chi connectivity index (χ1v) is 4.80. The average Bonchev–Trinajstić information content (AvgIpc) is 2.24. The first kappa shape index (κ1) is 15.3. The molecule has 0 aliphatic carbocycles. The highest BCUT2D eigenvalue weighted by Gasteiger charge is 2.21. The second-order valence-corrected chi connectivity index (χ2v) is 3.27. The molecule has 94 valence electrons. The number of hydrogen-bond acceptors (Lipinski definition) is 4. The molecule has 0 unspecified atom stereocenters. The highest BCUT2D eigenvalue weighted by molar-refractivity contribution is 5.98. The van der Waals surface area contributed by atoms with E-state index in [0.717, 1.165) is 0 Å². The summed E-state index contributed by atoms with van der Waals surface area (Å²) in [7, 11) is 0. The van der Waals surface area contributed by atoms with Gasteiger partial charge in [0.2, 0.25) is 0 Å². The van der Waals surface area contributed by atoms with Crippen LogP contribution in [0.2, 0.25) is 0 Å². The smallest absolute Gasteiger partial charge is 0.285 e. The quantitative estimate of drug-likeness (QED) is 0.623. The zero-order valence-electron chi connectivity index (χ0n) is 9.30. The second kappa shape index (κ2) is 6.82. The number of para-hydroxylation sites is 1. The van der Waals surface area contributed by atoms with Gasteiger partial charge in [-0.1, -0.05) is 12.1 Å². The molecule has 0 spiro atoms. The van der Waals surface area contributed by atoms with Gasteiger partial charge in [0.15, 0.2) is 0 Å². The molecule has 0 aromatic heterocycles. The van der Waals surface area contributed by atoms with E-state index in [9.17, 15) is 14.9 Å². The molecule has 7 heteroatoms. The number of nitro benzene ring substituents is 1. The summed E-state index contributed by atoms with van der Waals surface area (Å²) in [5, 5.41) is 13.3. The van der Waals surface area contributed by atoms with Crippen LogP contribution in [0.15, 0.2) is 18.2 Å². The minimum Gasteiger partial charge on any atom is -0.351 e. The average molecular weight is 260 g/mol. The van der Waals surface area contributed by atoms with E-state index in [4.69, 9.17) is 5.73 Å². The molecule has 6 nitrogen and oxygen atoms in total. The Morgan fingerprint density at radius 3 is 2.71 bits per heavy atom. The van der Waals surface area contributed by atoms with Crippen LogP contribution in [-0.4, -0.2) is 23.9 Å². The number of carbonyl (C=O) groups excluding carboxylic acids is 1. The predicted octanol–water partition coefficient (Wildman–Crippen LogP) is 1.01. The maximum atomic E-state index is 11.6. The fraction of sp³-hybridized carbons (Fsp3) is 0.300. The summed E-state index contributed by atoms with van der Waals surface area (Å²) >= 11 is 0. The molecule has 1 aromatic rings. The molecular formula is C10H14ClN3O3. The van der Waals surface area contributed by atoms with Crippen LogP contribution in [-0.2, 0) is 0 Å². The lowest BCUT2D eigenvalue weighted by atomic mass is 10.1. The molecule has 0 saturated heterocycles. The van der Waals surface area contributed by atoms with Crippen molar-refractivity contribution in [1.29, 1.82) is 0 Å². The minimum atomic E-state index is -0.549. The Bertz CT molecular complexity index is 423. The lowest BCUT2D eigenvalue weighted by Crippen LogP contribution is -2.29. The lowest BCUT2D eigenvalue weighted by molar-refractivity contribution is -0.385. The van der Waals surface area contributed by atoms with Gasteiger partial charge in [0.1, 0.15) is 5.56 Å². The van der Waals surface area contributed by atoms with Crippen LogP contribution in [0.25, 0.3) is 0 Å². The maximum Gasteiger partial charge on any atom is 0.285 e. The summed E-state index contributed by atoms with van der Waals surface area (Å²) in [4.78, 5) is 21.9. The molecule has 0 fully saturated rings. The minimum absolute atomic E-state index is 0. The number of benzene rings is 1. The number of nitrogens with two attached hydrogens (primary N) is 1. The third-order valence-corrected chi connectivity index (χ3v) is 2.09. The van der Waals surface area contributed by atoms with E-state index >= 15 is 0 Å². The van der Waals surface area contributed by atoms with Gasteiger partial charge in [-0.25, -0.2) is 0 Å². The Labute approximate surface area is 105 Å². The van der Waals surface area contributed by atoms with Gasteiger partial charge in [-0.05, 0) is 13.0 Å². The molecule has 17 heavy (non-hydrogen) atoms. The topological polar surface area (TPSA) is 98.3 Å². The number of halogens is 1. The van der Waals surface area contributed by atoms with Crippen molar-refractivity contribution in [2.45, 2.75) is 6.92 Å². The SMILES string of the molecule is Cc1cccc(C(=O)NCCN)c1[N+](=O)[O-].Cl. The molecule has 0 atom stereocenters. The van der Waals surface area contributed by atoms with Gasteiger partial charge in [0.05, 0.1) is 4.92 Å². The Hall–Kier alpha value is -1.66. The molecule has 0 bridgehead atoms. The summed E-state index contributed by atoms with van der Waals surface area (Å²) in [6.45, 7) is 2.19. The standard InChI is InChI=1S/C10H13N3O3.ClH/c1-7-3-2-4-8(9(7)13(15)16)10(14)12-6-5-11;/h2-4H,5-6,11H2,1H3,(H,12,14);1H. The Balaban J connectivity index is 0.00000256. The van der Waals surface area contributed by atoms with E-state index in [0.29, 0.717) is 18.7 Å². The zero-order valence-corrected chi connectivity index (χ0v) is 10.1. The van der Waals surface area contributed by atoms with E-state index in [-0.39, 0.29) is 23.7 Å². The van der Waals surface area contributed by atoms with Gasteiger partial charge in [0, 0.05) is 18.7 Å². The number of carbonyl (C=O) groups is 1. The monoisotopic (exact) mass is 259 g/mol. The Morgan fingerprint density at radius 1 is 1.53 bits per heavy atom. The molecular weight excluding hydrogens is 246 g/mol. The Kier molecular flexibility index (Phi) is 6.16. The Morgan fingerprint density at radius 2 is 2.18 bits per heavy atom. The number of nitrogens with one attached hydrogen (secondary N) is 1. The van der Waals surface area contributed by atoms with Crippen LogP contribution in [0.5, 0.6) is 0 Å². The van der Waals surface area contributed by atoms with Crippen molar-refractivity contribution in [2.75, 3.05) is 13.1 Å². The van der Waals surface area contributed by atoms with Gasteiger partial charge in [-0.3, -0.25) is 14.9 Å². The van der Waals surface area contributed by atoms with E-state index in [2.05, 4.69) is 5.32 Å². The van der Waals surface area contributed by atoms with E-state index < -0.39 is 10.8 Å². The number of rotatable bonds is 4. The molecule has 0 aliphatic heterocycles. The molecule has 0 aliphatic rings. The van der Waals surface area contributed by atoms with Crippen LogP contribution < -0.4 is 11.1 Å². The van der Waals surface area contributed by atoms with Gasteiger partial charge in [-0.15, -0.1) is 12.4 Å². The van der Waals surface area contributed by atoms with Crippen molar-refractivity contribution in [3.8, 4) is 0 Å². The maximum absolute atomic E-state index is 11.6. The van der Waals surface area contributed by atoms with Crippen molar-refractivity contribution in [2.24, 2.45) is 5.73 Å². The van der Waals surface area contributed by atoms with Gasteiger partial charge < -0.3 is 11.1 Å². The van der Waals surface area contributed by atoms with Crippen LogP contribution in [0, 0.1) is 17.0 Å². The van der Waals surface area contributed by atoms with Crippen molar-refractivity contribution >= 4 is 24.0 Å². The van der Waals surface area contributed by atoms with Gasteiger partial charge in [0.25, 0.3) is 11.6 Å². The third-order valence-electron chi connectivity index (χ3n) is 2.09. The summed E-state index contributed by atoms with van der Waals surface area (Å²) in [6, 6.07) is 4.63. The van der Waals surface area contributed by atoms with E-state index in [1.165, 1.54) is 6.07 Å². The molecule has 1 amide bonds. The van der Waals surface area contributed by atoms with Crippen molar-refractivity contribution in [3.05, 3.63) is 39.4 Å². The largest absolute Gasteiger partial charge is 0.351 e. The molecule has 3 N–H and O–H groups in total. The van der Waals surface area contributed by atoms with Crippen LogP contribution in [0.1, 0.15) is 15.9 Å². The predicted molar refractivity (Wildman–Crippen MR) is 66.5 cm³/mol. The third kappa shape index (κ3) is 3.69. The highest BCUT2D eigenvalue weighted by atomic mass is 35.5. The number of nitro groups is 1. The number of nitrogens with zero attached hydrogens (tertiary/aromatic N) is 1. The molecule has 0 saturated carbocycles. The zero-order chi connectivity index (χ0) is 12.1. The number of amides is 1. The fourth-order valence-electron chi connectivity index (χ4n) is 1.37. The second-order valence-electron chi connectivity index (χ2n) is 3.27. The van der Waals surface area contributed by atoms with Gasteiger partial charge in [-0.2, -0.15) is 0 Å². The summed E-state index contributed by atoms with van der Waals surface area (Å²) in [5.41, 5.74) is 5.61. The van der Waals surface area contributed by atoms with E-state index in [1.54, 1.807) is 19.1 Å². The first-order chi connectivity index (χ1) is 7.57. The summed E-state index contributed by atoms with van der Waals surface area (Å²) in [6.07, 6.45) is 0. The van der Waals surface area contributed by atoms with Crippen LogP contribution >= 0.6 is 12.4 Å². The molecule has 1 rings (SSSR count).